The molecule has 6 heterocycles. The van der Waals surface area contributed by atoms with Gasteiger partial charge in [0, 0.05) is 35.2 Å². The van der Waals surface area contributed by atoms with Gasteiger partial charge in [-0.2, -0.15) is 0 Å². The number of methoxy groups -OCH3 is 1. The van der Waals surface area contributed by atoms with Gasteiger partial charge in [0.15, 0.2) is 11.6 Å². The molecule has 1 aliphatic heterocycles. The number of imidazole rings is 3. The first kappa shape index (κ1) is 42.9. The Morgan fingerprint density at radius 3 is 2.12 bits per heavy atom. The van der Waals surface area contributed by atoms with Gasteiger partial charge in [-0.25, -0.2) is 33.3 Å². The van der Waals surface area contributed by atoms with Gasteiger partial charge in [0.1, 0.15) is 35.3 Å². The van der Waals surface area contributed by atoms with Gasteiger partial charge in [0.2, 0.25) is 6.23 Å². The predicted molar refractivity (Wildman–Crippen MR) is 238 cm³/mol. The minimum absolute atomic E-state index is 0.0519. The molecule has 0 spiro atoms. The van der Waals surface area contributed by atoms with Crippen molar-refractivity contribution in [3.63, 3.8) is 0 Å². The molecule has 0 bridgehead atoms. The number of halogens is 2. The van der Waals surface area contributed by atoms with E-state index in [1.54, 1.807) is 79.6 Å². The summed E-state index contributed by atoms with van der Waals surface area (Å²) in [5.41, 5.74) is 5.13. The fourth-order valence-electron chi connectivity index (χ4n) is 8.13. The highest BCUT2D eigenvalue weighted by molar-refractivity contribution is 5.92. The Balaban J connectivity index is 1.06. The van der Waals surface area contributed by atoms with Crippen LogP contribution in [0.5, 0.6) is 5.75 Å². The molecule has 17 nitrogen and oxygen atoms in total. The molecule has 336 valence electrons. The van der Waals surface area contributed by atoms with Crippen molar-refractivity contribution in [2.24, 2.45) is 11.8 Å². The van der Waals surface area contributed by atoms with Crippen LogP contribution in [0.4, 0.5) is 18.4 Å². The Morgan fingerprint density at radius 1 is 0.773 bits per heavy atom. The van der Waals surface area contributed by atoms with Gasteiger partial charge < -0.3 is 35.2 Å². The van der Waals surface area contributed by atoms with Crippen LogP contribution >= 0.6 is 0 Å². The molecule has 1 aliphatic rings. The Kier molecular flexibility index (Phi) is 11.0. The first-order valence-electron chi connectivity index (χ1n) is 20.9. The topological polar surface area (TPSA) is 216 Å². The normalized spacial score (nSPS) is 14.1. The molecule has 19 heteroatoms. The smallest absolute Gasteiger partial charge is 0.407 e. The third kappa shape index (κ3) is 7.73. The number of amides is 2. The lowest BCUT2D eigenvalue weighted by molar-refractivity contribution is 0.0818. The molecule has 5 N–H and O–H groups in total. The second-order valence-corrected chi connectivity index (χ2v) is 16.4. The lowest BCUT2D eigenvalue weighted by Gasteiger charge is -2.30. The van der Waals surface area contributed by atoms with Crippen molar-refractivity contribution >= 4 is 35.0 Å². The number of aromatic nitrogens is 8. The van der Waals surface area contributed by atoms with Crippen molar-refractivity contribution in [2.45, 2.75) is 46.0 Å². The van der Waals surface area contributed by atoms with Crippen LogP contribution in [-0.2, 0) is 4.74 Å². The van der Waals surface area contributed by atoms with E-state index in [9.17, 15) is 28.7 Å². The lowest BCUT2D eigenvalue weighted by atomic mass is 10.0. The average molecular weight is 897 g/mol. The molecule has 0 fully saturated rings. The van der Waals surface area contributed by atoms with Crippen molar-refractivity contribution < 1.29 is 42.5 Å². The second-order valence-electron chi connectivity index (χ2n) is 16.4. The molecule has 0 unspecified atom stereocenters. The predicted octanol–water partition coefficient (Wildman–Crippen LogP) is 8.59. The van der Waals surface area contributed by atoms with Crippen LogP contribution in [0.15, 0.2) is 104 Å². The lowest BCUT2D eigenvalue weighted by Crippen LogP contribution is -2.46. The third-order valence-corrected chi connectivity index (χ3v) is 11.4. The maximum atomic E-state index is 15.8. The van der Waals surface area contributed by atoms with Crippen LogP contribution in [-0.4, -0.2) is 86.9 Å². The van der Waals surface area contributed by atoms with E-state index in [0.29, 0.717) is 73.7 Å². The van der Waals surface area contributed by atoms with E-state index in [1.165, 1.54) is 22.3 Å². The number of hydrogen-bond acceptors (Lipinski definition) is 9. The second kappa shape index (κ2) is 17.0. The van der Waals surface area contributed by atoms with Crippen molar-refractivity contribution in [1.82, 2.24) is 49.3 Å². The van der Waals surface area contributed by atoms with Crippen LogP contribution in [0.3, 0.4) is 0 Å². The van der Waals surface area contributed by atoms with E-state index in [4.69, 9.17) is 19.4 Å². The minimum Gasteiger partial charge on any atom is -0.465 e. The molecule has 0 aliphatic carbocycles. The number of carbonyl (C=O) groups is 4. The molecule has 3 atom stereocenters. The summed E-state index contributed by atoms with van der Waals surface area (Å²) < 4.78 is 46.0. The largest absolute Gasteiger partial charge is 0.465 e. The number of nitrogens with one attached hydrogen (secondary N) is 4. The Morgan fingerprint density at radius 2 is 1.45 bits per heavy atom. The van der Waals surface area contributed by atoms with Gasteiger partial charge in [-0.15, -0.1) is 0 Å². The zero-order chi connectivity index (χ0) is 46.6. The van der Waals surface area contributed by atoms with E-state index < -0.39 is 48.0 Å². The molecule has 0 radical (unpaired) electrons. The third-order valence-electron chi connectivity index (χ3n) is 11.4. The van der Waals surface area contributed by atoms with Crippen molar-refractivity contribution in [3.05, 3.63) is 121 Å². The van der Waals surface area contributed by atoms with Gasteiger partial charge in [-0.05, 0) is 72.5 Å². The highest BCUT2D eigenvalue weighted by atomic mass is 19.1. The van der Waals surface area contributed by atoms with E-state index >= 15 is 4.39 Å². The zero-order valence-corrected chi connectivity index (χ0v) is 36.0. The standard InChI is InChI=1S/C47H42F2N10O7/c1-23(2)38(55-46(62)63)43(60)57-16-6-8-34(57)40-50-21-33(54-40)25-10-13-29-37(19-25)66-45(28-14-12-27(48)20-30(28)49)59-36(22-51-42(29)59)26-11-15-31-32(18-26)53-41(52-31)35-9-7-17-58(35)44(61)39(24(3)4)56-47(64)65-5/h6-24,38-39,45,55H,1-5H3,(H,50,54)(H,52,53)(H,56,64)(H,62,63)/t38-,39-,45-/m0/s1. The maximum absolute atomic E-state index is 15.8. The molecule has 9 rings (SSSR count). The molecular formula is C47H42F2N10O7. The Labute approximate surface area is 374 Å². The fourth-order valence-corrected chi connectivity index (χ4v) is 8.13. The Hall–Kier alpha value is -8.35. The van der Waals surface area contributed by atoms with Gasteiger partial charge in [0.25, 0.3) is 11.8 Å². The van der Waals surface area contributed by atoms with Gasteiger partial charge in [0.05, 0.1) is 58.9 Å². The average Bonchev–Trinajstić information content (AvgIpc) is 4.15. The van der Waals surface area contributed by atoms with E-state index in [0.717, 1.165) is 12.1 Å². The number of rotatable bonds is 11. The van der Waals surface area contributed by atoms with Crippen LogP contribution in [0.1, 0.15) is 49.1 Å². The summed E-state index contributed by atoms with van der Waals surface area (Å²) in [4.78, 5) is 71.4. The number of carbonyl (C=O) groups excluding carboxylic acids is 3. The van der Waals surface area contributed by atoms with E-state index in [1.807, 2.05) is 38.1 Å². The summed E-state index contributed by atoms with van der Waals surface area (Å²) >= 11 is 0. The summed E-state index contributed by atoms with van der Waals surface area (Å²) in [6, 6.07) is 19.1. The Bertz CT molecular complexity index is 3200. The fraction of sp³-hybridized carbons (Fsp3) is 0.213. The summed E-state index contributed by atoms with van der Waals surface area (Å²) in [6.45, 7) is 7.12. The quantitative estimate of drug-likeness (QED) is 0.0833. The molecule has 0 saturated carbocycles. The van der Waals surface area contributed by atoms with E-state index in [-0.39, 0.29) is 23.3 Å². The van der Waals surface area contributed by atoms with Gasteiger partial charge in [-0.3, -0.25) is 23.3 Å². The highest BCUT2D eigenvalue weighted by Crippen LogP contribution is 2.45. The van der Waals surface area contributed by atoms with Crippen LogP contribution < -0.4 is 15.4 Å². The number of fused-ring (bicyclic) bond motifs is 4. The van der Waals surface area contributed by atoms with Crippen molar-refractivity contribution in [3.8, 4) is 62.7 Å². The molecule has 66 heavy (non-hydrogen) atoms. The number of alkyl carbamates (subject to hydrolysis) is 1. The monoisotopic (exact) mass is 896 g/mol. The first-order chi connectivity index (χ1) is 31.7. The minimum atomic E-state index is -1.31. The van der Waals surface area contributed by atoms with E-state index in [2.05, 4.69) is 25.6 Å². The number of carboxylic acid groups (broad SMARTS) is 1. The van der Waals surface area contributed by atoms with Crippen LogP contribution in [0, 0.1) is 23.5 Å². The molecule has 5 aromatic heterocycles. The van der Waals surface area contributed by atoms with Crippen LogP contribution in [0.2, 0.25) is 0 Å². The summed E-state index contributed by atoms with van der Waals surface area (Å²) in [5, 5.41) is 14.3. The number of ether oxygens (including phenoxy) is 2. The number of aromatic amines is 2. The number of H-pyrrole nitrogens is 2. The number of nitrogens with zero attached hydrogens (tertiary/aromatic N) is 6. The molecular weight excluding hydrogens is 855 g/mol. The summed E-state index contributed by atoms with van der Waals surface area (Å²) in [7, 11) is 1.23. The molecule has 2 amide bonds. The molecule has 0 saturated heterocycles. The van der Waals surface area contributed by atoms with Crippen molar-refractivity contribution in [2.75, 3.05) is 7.11 Å². The van der Waals surface area contributed by atoms with Crippen molar-refractivity contribution in [1.29, 1.82) is 0 Å². The van der Waals surface area contributed by atoms with Gasteiger partial charge >= 0.3 is 12.2 Å². The van der Waals surface area contributed by atoms with Crippen LogP contribution in [0.25, 0.3) is 68.0 Å². The summed E-state index contributed by atoms with van der Waals surface area (Å²) in [5.74, 6) is -1.46. The maximum Gasteiger partial charge on any atom is 0.407 e. The number of hydrogen-bond donors (Lipinski definition) is 5. The highest BCUT2D eigenvalue weighted by Gasteiger charge is 2.34. The van der Waals surface area contributed by atoms with Gasteiger partial charge in [-0.1, -0.05) is 39.8 Å². The molecule has 8 aromatic rings. The SMILES string of the molecule is COC(=O)N[C@H](C(=O)n1cccc1-c1nc2ccc(-c3cnc4n3[C@H](c3ccc(F)cc3F)Oc3cc(-c5cnc(-c6cccn6C(=O)[C@@H](NC(=O)O)C(C)C)[nH]5)ccc3-4)cc2[nH]1)C(C)C. The molecule has 3 aromatic carbocycles. The summed E-state index contributed by atoms with van der Waals surface area (Å²) in [6.07, 6.45) is 3.19. The zero-order valence-electron chi connectivity index (χ0n) is 36.0. The number of benzene rings is 3. The first-order valence-corrected chi connectivity index (χ1v) is 20.9.